The Balaban J connectivity index is 2.14. The Morgan fingerprint density at radius 2 is 1.94 bits per heavy atom. The number of carbonyl (C=O) groups is 1. The summed E-state index contributed by atoms with van der Waals surface area (Å²) in [6, 6.07) is 4.93. The number of pyridine rings is 1. The van der Waals surface area contributed by atoms with Crippen LogP contribution >= 0.6 is 11.6 Å². The molecule has 0 spiro atoms. The van der Waals surface area contributed by atoms with E-state index in [1.54, 1.807) is 18.2 Å². The zero-order valence-corrected chi connectivity index (χ0v) is 11.6. The normalized spacial score (nSPS) is 10.3. The van der Waals surface area contributed by atoms with Gasteiger partial charge in [0, 0.05) is 0 Å². The first kappa shape index (κ1) is 15.0. The lowest BCUT2D eigenvalue weighted by Gasteiger charge is -2.04. The molecular weight excluding hydrogens is 250 g/mol. The molecule has 0 atom stereocenters. The number of esters is 1. The first-order valence-corrected chi connectivity index (χ1v) is 6.91. The van der Waals surface area contributed by atoms with E-state index in [1.807, 2.05) is 0 Å². The van der Waals surface area contributed by atoms with Gasteiger partial charge in [-0.05, 0) is 18.6 Å². The molecule has 18 heavy (non-hydrogen) atoms. The molecule has 0 aromatic carbocycles. The van der Waals surface area contributed by atoms with E-state index in [2.05, 4.69) is 11.9 Å². The number of aromatic nitrogens is 1. The predicted octanol–water partition coefficient (Wildman–Crippen LogP) is 4.25. The molecule has 1 aromatic rings. The number of nitrogens with zero attached hydrogens (tertiary/aromatic N) is 1. The Kier molecular flexibility index (Phi) is 7.42. The fraction of sp³-hybridized carbons (Fsp3) is 0.571. The number of hydrogen-bond donors (Lipinski definition) is 0. The molecule has 0 aliphatic rings. The number of rotatable bonds is 8. The smallest absolute Gasteiger partial charge is 0.356 e. The van der Waals surface area contributed by atoms with Crippen molar-refractivity contribution < 1.29 is 9.53 Å². The quantitative estimate of drug-likeness (QED) is 0.402. The summed E-state index contributed by atoms with van der Waals surface area (Å²) >= 11 is 5.70. The summed E-state index contributed by atoms with van der Waals surface area (Å²) in [4.78, 5) is 15.5. The van der Waals surface area contributed by atoms with Crippen molar-refractivity contribution in [2.24, 2.45) is 0 Å². The molecule has 0 unspecified atom stereocenters. The zero-order valence-electron chi connectivity index (χ0n) is 10.8. The van der Waals surface area contributed by atoms with Crippen LogP contribution in [0.25, 0.3) is 0 Å². The standard InChI is InChI=1S/C14H20ClNO2/c1-2-3-4-5-6-7-11-18-14(17)12-9-8-10-13(15)16-12/h8-10H,2-7,11H2,1H3. The summed E-state index contributed by atoms with van der Waals surface area (Å²) in [5.74, 6) is -0.397. The van der Waals surface area contributed by atoms with Crippen molar-refractivity contribution in [2.45, 2.75) is 45.4 Å². The van der Waals surface area contributed by atoms with E-state index in [9.17, 15) is 4.79 Å². The van der Waals surface area contributed by atoms with E-state index in [1.165, 1.54) is 25.7 Å². The molecule has 3 nitrogen and oxygen atoms in total. The van der Waals surface area contributed by atoms with Crippen LogP contribution in [0.15, 0.2) is 18.2 Å². The van der Waals surface area contributed by atoms with Crippen LogP contribution < -0.4 is 0 Å². The molecule has 4 heteroatoms. The zero-order chi connectivity index (χ0) is 13.2. The highest BCUT2D eigenvalue weighted by Gasteiger charge is 2.08. The van der Waals surface area contributed by atoms with Crippen LogP contribution in [0.2, 0.25) is 5.15 Å². The Hall–Kier alpha value is -1.09. The third-order valence-corrected chi connectivity index (χ3v) is 2.87. The Morgan fingerprint density at radius 3 is 2.67 bits per heavy atom. The van der Waals surface area contributed by atoms with Gasteiger partial charge in [-0.15, -0.1) is 0 Å². The molecule has 0 bridgehead atoms. The number of carbonyl (C=O) groups excluding carboxylic acids is 1. The van der Waals surface area contributed by atoms with Gasteiger partial charge in [0.2, 0.25) is 0 Å². The number of ether oxygens (including phenoxy) is 1. The lowest BCUT2D eigenvalue weighted by Crippen LogP contribution is -2.08. The maximum Gasteiger partial charge on any atom is 0.356 e. The van der Waals surface area contributed by atoms with Gasteiger partial charge in [0.15, 0.2) is 0 Å². The Morgan fingerprint density at radius 1 is 1.22 bits per heavy atom. The van der Waals surface area contributed by atoms with E-state index < -0.39 is 5.97 Å². The van der Waals surface area contributed by atoms with E-state index in [0.717, 1.165) is 12.8 Å². The lowest BCUT2D eigenvalue weighted by atomic mass is 10.1. The second-order valence-electron chi connectivity index (χ2n) is 4.25. The average molecular weight is 270 g/mol. The SMILES string of the molecule is CCCCCCCCOC(=O)c1cccc(Cl)n1. The molecule has 100 valence electrons. The maximum atomic E-state index is 11.6. The molecule has 0 saturated carbocycles. The molecule has 1 rings (SSSR count). The largest absolute Gasteiger partial charge is 0.461 e. The molecule has 0 N–H and O–H groups in total. The third kappa shape index (κ3) is 6.01. The summed E-state index contributed by atoms with van der Waals surface area (Å²) in [6.07, 6.45) is 7.02. The fourth-order valence-electron chi connectivity index (χ4n) is 1.64. The van der Waals surface area contributed by atoms with E-state index in [-0.39, 0.29) is 5.69 Å². The van der Waals surface area contributed by atoms with Crippen molar-refractivity contribution in [3.05, 3.63) is 29.0 Å². The topological polar surface area (TPSA) is 39.2 Å². The number of halogens is 1. The lowest BCUT2D eigenvalue weighted by molar-refractivity contribution is 0.0491. The van der Waals surface area contributed by atoms with Crippen molar-refractivity contribution in [1.82, 2.24) is 4.98 Å². The minimum absolute atomic E-state index is 0.272. The fourth-order valence-corrected chi connectivity index (χ4v) is 1.81. The van der Waals surface area contributed by atoms with E-state index in [0.29, 0.717) is 11.8 Å². The highest BCUT2D eigenvalue weighted by Crippen LogP contribution is 2.08. The summed E-state index contributed by atoms with van der Waals surface area (Å²) in [6.45, 7) is 2.65. The van der Waals surface area contributed by atoms with Gasteiger partial charge >= 0.3 is 5.97 Å². The molecular formula is C14H20ClNO2. The Labute approximate surface area is 114 Å². The van der Waals surface area contributed by atoms with E-state index in [4.69, 9.17) is 16.3 Å². The van der Waals surface area contributed by atoms with Gasteiger partial charge in [-0.3, -0.25) is 0 Å². The second-order valence-corrected chi connectivity index (χ2v) is 4.64. The summed E-state index contributed by atoms with van der Waals surface area (Å²) in [7, 11) is 0. The van der Waals surface area contributed by atoms with Crippen molar-refractivity contribution in [2.75, 3.05) is 6.61 Å². The molecule has 0 amide bonds. The van der Waals surface area contributed by atoms with Gasteiger partial charge in [-0.1, -0.05) is 56.7 Å². The highest BCUT2D eigenvalue weighted by atomic mass is 35.5. The maximum absolute atomic E-state index is 11.6. The second kappa shape index (κ2) is 8.92. The summed E-state index contributed by atoms with van der Waals surface area (Å²) < 4.78 is 5.13. The first-order chi connectivity index (χ1) is 8.74. The van der Waals surface area contributed by atoms with Crippen LogP contribution in [0.1, 0.15) is 55.9 Å². The van der Waals surface area contributed by atoms with Crippen LogP contribution in [0.3, 0.4) is 0 Å². The van der Waals surface area contributed by atoms with Crippen LogP contribution in [0, 0.1) is 0 Å². The van der Waals surface area contributed by atoms with E-state index >= 15 is 0 Å². The van der Waals surface area contributed by atoms with Crippen molar-refractivity contribution in [1.29, 1.82) is 0 Å². The van der Waals surface area contributed by atoms with Crippen LogP contribution in [-0.4, -0.2) is 17.6 Å². The van der Waals surface area contributed by atoms with Gasteiger partial charge in [0.1, 0.15) is 10.8 Å². The van der Waals surface area contributed by atoms with Gasteiger partial charge in [-0.2, -0.15) is 0 Å². The van der Waals surface area contributed by atoms with Crippen molar-refractivity contribution >= 4 is 17.6 Å². The van der Waals surface area contributed by atoms with Crippen LogP contribution in [0.5, 0.6) is 0 Å². The minimum Gasteiger partial charge on any atom is -0.461 e. The average Bonchev–Trinajstić information content (AvgIpc) is 2.37. The Bertz CT molecular complexity index is 369. The van der Waals surface area contributed by atoms with Crippen molar-refractivity contribution in [3.8, 4) is 0 Å². The van der Waals surface area contributed by atoms with Gasteiger partial charge in [0.25, 0.3) is 0 Å². The number of unbranched alkanes of at least 4 members (excludes halogenated alkanes) is 5. The first-order valence-electron chi connectivity index (χ1n) is 6.53. The number of hydrogen-bond acceptors (Lipinski definition) is 3. The van der Waals surface area contributed by atoms with Gasteiger partial charge < -0.3 is 4.74 Å². The summed E-state index contributed by atoms with van der Waals surface area (Å²) in [5.41, 5.74) is 0.272. The molecule has 0 fully saturated rings. The molecule has 0 radical (unpaired) electrons. The van der Waals surface area contributed by atoms with Crippen molar-refractivity contribution in [3.63, 3.8) is 0 Å². The molecule has 0 aliphatic carbocycles. The van der Waals surface area contributed by atoms with Crippen LogP contribution in [-0.2, 0) is 4.74 Å². The molecule has 0 aliphatic heterocycles. The molecule has 0 saturated heterocycles. The molecule has 1 aromatic heterocycles. The minimum atomic E-state index is -0.397. The highest BCUT2D eigenvalue weighted by molar-refractivity contribution is 6.29. The predicted molar refractivity (Wildman–Crippen MR) is 72.9 cm³/mol. The van der Waals surface area contributed by atoms with Gasteiger partial charge in [-0.25, -0.2) is 9.78 Å². The monoisotopic (exact) mass is 269 g/mol. The van der Waals surface area contributed by atoms with Crippen LogP contribution in [0.4, 0.5) is 0 Å². The van der Waals surface area contributed by atoms with Gasteiger partial charge in [0.05, 0.1) is 6.61 Å². The third-order valence-electron chi connectivity index (χ3n) is 2.66. The molecule has 1 heterocycles. The summed E-state index contributed by atoms with van der Waals surface area (Å²) in [5, 5.41) is 0.309.